The summed E-state index contributed by atoms with van der Waals surface area (Å²) in [6.07, 6.45) is 3.36. The Labute approximate surface area is 308 Å². The molecule has 0 bridgehead atoms. The van der Waals surface area contributed by atoms with Gasteiger partial charge in [0.15, 0.2) is 5.65 Å². The van der Waals surface area contributed by atoms with Gasteiger partial charge in [-0.05, 0) is 52.4 Å². The molecule has 0 unspecified atom stereocenters. The fourth-order valence-corrected chi connectivity index (χ4v) is 6.06. The van der Waals surface area contributed by atoms with Crippen LogP contribution in [0.5, 0.6) is 0 Å². The fourth-order valence-electron chi connectivity index (χ4n) is 6.06. The summed E-state index contributed by atoms with van der Waals surface area (Å²) in [5.74, 6) is 0.720. The Bertz CT molecular complexity index is 2540. The number of para-hydroxylation sites is 2. The molecule has 0 aliphatic carbocycles. The number of nitrogens with zero attached hydrogens (tertiary/aromatic N) is 6. The number of rotatable bonds is 5. The van der Waals surface area contributed by atoms with E-state index in [1.165, 1.54) is 17.2 Å². The molecule has 253 valence electrons. The van der Waals surface area contributed by atoms with Crippen molar-refractivity contribution >= 4 is 33.1 Å². The zero-order valence-electron chi connectivity index (χ0n) is 31.1. The minimum absolute atomic E-state index is 0. The van der Waals surface area contributed by atoms with Crippen LogP contribution in [0.25, 0.3) is 61.4 Å². The van der Waals surface area contributed by atoms with Crippen molar-refractivity contribution in [2.24, 2.45) is 0 Å². The monoisotopic (exact) mass is 842 g/mol. The second kappa shape index (κ2) is 14.4. The Morgan fingerprint density at radius 3 is 2.34 bits per heavy atom. The molecule has 0 saturated carbocycles. The van der Waals surface area contributed by atoms with Gasteiger partial charge in [0.1, 0.15) is 11.1 Å². The molecule has 0 N–H and O–H groups in total. The minimum Gasteiger partial charge on any atom is -0.501 e. The summed E-state index contributed by atoms with van der Waals surface area (Å²) in [6.45, 7) is 8.42. The predicted octanol–water partition coefficient (Wildman–Crippen LogP) is 10.1. The number of aromatic nitrogens is 6. The number of aryl methyl sites for hydroxylation is 2. The molecule has 9 heteroatoms. The van der Waals surface area contributed by atoms with Crippen LogP contribution in [0.15, 0.2) is 95.7 Å². The van der Waals surface area contributed by atoms with Gasteiger partial charge in [-0.3, -0.25) is 9.37 Å². The van der Waals surface area contributed by atoms with Crippen LogP contribution in [0, 0.1) is 31.7 Å². The molecular formula is C41H35FIrN6O-2. The van der Waals surface area contributed by atoms with E-state index in [1.54, 1.807) is 18.5 Å². The Morgan fingerprint density at radius 2 is 1.64 bits per heavy atom. The van der Waals surface area contributed by atoms with E-state index in [4.69, 9.17) is 13.5 Å². The summed E-state index contributed by atoms with van der Waals surface area (Å²) in [5.41, 5.74) is 8.86. The van der Waals surface area contributed by atoms with Gasteiger partial charge in [-0.1, -0.05) is 99.6 Å². The fraction of sp³-hybridized carbons (Fsp3) is 0.195. The van der Waals surface area contributed by atoms with Crippen molar-refractivity contribution in [3.63, 3.8) is 0 Å². The van der Waals surface area contributed by atoms with Gasteiger partial charge < -0.3 is 14.0 Å². The third-order valence-electron chi connectivity index (χ3n) is 8.45. The van der Waals surface area contributed by atoms with E-state index in [9.17, 15) is 4.39 Å². The Hall–Kier alpha value is -5.11. The molecule has 0 spiro atoms. The van der Waals surface area contributed by atoms with Crippen LogP contribution in [-0.4, -0.2) is 29.9 Å². The van der Waals surface area contributed by atoms with Crippen LogP contribution in [0.1, 0.15) is 65.9 Å². The molecular weight excluding hydrogens is 804 g/mol. The van der Waals surface area contributed by atoms with E-state index >= 15 is 0 Å². The van der Waals surface area contributed by atoms with Crippen molar-refractivity contribution in [1.29, 1.82) is 0 Å². The number of benzene rings is 4. The molecule has 0 fully saturated rings. The summed E-state index contributed by atoms with van der Waals surface area (Å²) >= 11 is 0. The molecule has 8 rings (SSSR count). The Kier molecular flexibility index (Phi) is 8.90. The van der Waals surface area contributed by atoms with E-state index in [0.717, 1.165) is 56.2 Å². The second-order valence-corrected chi connectivity index (χ2v) is 12.5. The SMILES string of the molecule is CC(C)c1cccc(C(C)C)c1-n1c(-c2[c-]ccc3c2oc2ccccc23)nc2nnncc21.[2H]C([2H])([2H])c1c[c-]c(-c2ccc(C)cn2)c(F)c1.[Ir]. The number of halogens is 1. The maximum atomic E-state index is 13.8. The smallest absolute Gasteiger partial charge is 0.194 e. The number of fused-ring (bicyclic) bond motifs is 4. The number of hydrogen-bond acceptors (Lipinski definition) is 6. The van der Waals surface area contributed by atoms with Crippen LogP contribution in [0.2, 0.25) is 0 Å². The van der Waals surface area contributed by atoms with Crippen molar-refractivity contribution in [3.8, 4) is 28.3 Å². The van der Waals surface area contributed by atoms with Gasteiger partial charge in [0, 0.05) is 47.3 Å². The number of hydrogen-bond donors (Lipinski definition) is 0. The summed E-state index contributed by atoms with van der Waals surface area (Å²) < 4.78 is 44.0. The summed E-state index contributed by atoms with van der Waals surface area (Å²) in [5, 5.41) is 14.3. The average Bonchev–Trinajstić information content (AvgIpc) is 3.70. The molecule has 0 aliphatic heterocycles. The summed E-state index contributed by atoms with van der Waals surface area (Å²) in [6, 6.07) is 30.4. The van der Waals surface area contributed by atoms with Crippen molar-refractivity contribution < 1.29 is 33.0 Å². The molecule has 0 atom stereocenters. The van der Waals surface area contributed by atoms with Gasteiger partial charge >= 0.3 is 0 Å². The van der Waals surface area contributed by atoms with Crippen molar-refractivity contribution in [2.75, 3.05) is 0 Å². The maximum absolute atomic E-state index is 13.8. The van der Waals surface area contributed by atoms with Crippen LogP contribution < -0.4 is 0 Å². The molecule has 7 nitrogen and oxygen atoms in total. The largest absolute Gasteiger partial charge is 0.501 e. The average molecular weight is 842 g/mol. The first-order chi connectivity index (χ1) is 24.9. The van der Waals surface area contributed by atoms with Gasteiger partial charge in [0.25, 0.3) is 0 Å². The topological polar surface area (TPSA) is 82.5 Å². The second-order valence-electron chi connectivity index (χ2n) is 12.5. The van der Waals surface area contributed by atoms with Gasteiger partial charge in [0.05, 0.1) is 17.6 Å². The number of pyridine rings is 1. The standard InChI is InChI=1S/C28H24N5O.C13H11FN.Ir/c1-16(2)18-10-7-11-19(17(3)4)25(18)33-23-15-29-32-31-27(23)30-28(33)22-13-8-12-21-20-9-5-6-14-24(20)34-26(21)22;1-9-3-5-11(12(14)7-9)13-6-4-10(2)8-15-13;/h5-12,14-17H,1-4H3;3-4,6-8H,1-2H3;/q2*-1;/i;1D3;. The van der Waals surface area contributed by atoms with E-state index in [1.807, 2.05) is 43.3 Å². The summed E-state index contributed by atoms with van der Waals surface area (Å²) in [7, 11) is 0. The number of imidazole rings is 1. The summed E-state index contributed by atoms with van der Waals surface area (Å²) in [4.78, 5) is 9.03. The van der Waals surface area contributed by atoms with E-state index < -0.39 is 12.7 Å². The van der Waals surface area contributed by atoms with Crippen molar-refractivity contribution in [1.82, 2.24) is 29.9 Å². The zero-order valence-corrected chi connectivity index (χ0v) is 30.5. The van der Waals surface area contributed by atoms with Gasteiger partial charge in [-0.2, -0.15) is 0 Å². The van der Waals surface area contributed by atoms with Gasteiger partial charge in [-0.25, -0.2) is 0 Å². The Balaban J connectivity index is 0.000000215. The van der Waals surface area contributed by atoms with Crippen molar-refractivity contribution in [3.05, 3.63) is 131 Å². The first-order valence-electron chi connectivity index (χ1n) is 17.6. The first kappa shape index (κ1) is 30.9. The van der Waals surface area contributed by atoms with Crippen molar-refractivity contribution in [2.45, 2.75) is 53.3 Å². The van der Waals surface area contributed by atoms with Crippen LogP contribution in [0.4, 0.5) is 4.39 Å². The molecule has 4 aromatic carbocycles. The quantitative estimate of drug-likeness (QED) is 0.161. The third kappa shape index (κ3) is 6.47. The van der Waals surface area contributed by atoms with E-state index in [0.29, 0.717) is 23.2 Å². The molecule has 0 saturated heterocycles. The predicted molar refractivity (Wildman–Crippen MR) is 192 cm³/mol. The maximum Gasteiger partial charge on any atom is 0.194 e. The van der Waals surface area contributed by atoms with Crippen LogP contribution >= 0.6 is 0 Å². The normalized spacial score (nSPS) is 12.4. The molecule has 0 amide bonds. The van der Waals surface area contributed by atoms with E-state index in [-0.39, 0.29) is 31.2 Å². The first-order valence-corrected chi connectivity index (χ1v) is 16.1. The van der Waals surface area contributed by atoms with Gasteiger partial charge in [0.2, 0.25) is 0 Å². The molecule has 8 aromatic rings. The molecule has 50 heavy (non-hydrogen) atoms. The molecule has 4 aromatic heterocycles. The molecule has 4 heterocycles. The van der Waals surface area contributed by atoms with Crippen LogP contribution in [-0.2, 0) is 20.1 Å². The molecule has 0 aliphatic rings. The molecule has 1 radical (unpaired) electrons. The third-order valence-corrected chi connectivity index (χ3v) is 8.45. The Morgan fingerprint density at radius 1 is 0.860 bits per heavy atom. The van der Waals surface area contributed by atoms with E-state index in [2.05, 4.69) is 89.1 Å². The van der Waals surface area contributed by atoms with Crippen LogP contribution in [0.3, 0.4) is 0 Å². The van der Waals surface area contributed by atoms with Gasteiger partial charge in [-0.15, -0.1) is 52.2 Å². The number of furan rings is 1. The minimum atomic E-state index is -2.32. The zero-order chi connectivity index (χ0) is 36.7.